The molecule has 2 aliphatic rings. The van der Waals surface area contributed by atoms with Crippen LogP contribution in [0.4, 0.5) is 0 Å². The molecule has 14 rings (SSSR count). The minimum atomic E-state index is -0.422. The molecule has 0 unspecified atom stereocenters. The van der Waals surface area contributed by atoms with E-state index in [0.717, 1.165) is 0 Å². The molecule has 12 aromatic rings. The summed E-state index contributed by atoms with van der Waals surface area (Å²) in [6.45, 7) is 0. The Morgan fingerprint density at radius 3 is 1.22 bits per heavy atom. The average molecular weight is 795 g/mol. The molecule has 0 bridgehead atoms. The minimum Gasteiger partial charge on any atom is -0.0619 e. The van der Waals surface area contributed by atoms with E-state index in [1.165, 1.54) is 132 Å². The van der Waals surface area contributed by atoms with Gasteiger partial charge in [-0.05, 0) is 174 Å². The van der Waals surface area contributed by atoms with E-state index in [4.69, 9.17) is 0 Å². The highest BCUT2D eigenvalue weighted by atomic mass is 14.5. The Labute approximate surface area is 366 Å². The quantitative estimate of drug-likeness (QED) is 0.156. The lowest BCUT2D eigenvalue weighted by molar-refractivity contribution is 0.796. The Morgan fingerprint density at radius 2 is 0.603 bits per heavy atom. The van der Waals surface area contributed by atoms with Gasteiger partial charge in [0.1, 0.15) is 0 Å². The summed E-state index contributed by atoms with van der Waals surface area (Å²) < 4.78 is 0. The Kier molecular flexibility index (Phi) is 7.13. The fourth-order valence-corrected chi connectivity index (χ4v) is 11.7. The first-order chi connectivity index (χ1) is 31.2. The summed E-state index contributed by atoms with van der Waals surface area (Å²) in [5.41, 5.74) is 17.8. The standard InChI is InChI=1S/C63H38/c1-2-15-40-32-44(29-28-39(40)14-1)41-18-13-19-46(33-41)61-51-22-5-7-24-53(51)62(54-25-8-6-23-52(54)61)47-31-30-45-36-56-55-35-42-16-3-4-17-43(42)37-59(55)63(60(56)38-48(45)34-47)57-26-11-9-20-49(57)50-21-10-12-27-58(50)63/h1-38H. The van der Waals surface area contributed by atoms with Gasteiger partial charge in [0, 0.05) is 0 Å². The number of hydrogen-bond acceptors (Lipinski definition) is 0. The fraction of sp³-hybridized carbons (Fsp3) is 0.0159. The minimum absolute atomic E-state index is 0.422. The van der Waals surface area contributed by atoms with Gasteiger partial charge in [0.15, 0.2) is 0 Å². The van der Waals surface area contributed by atoms with Gasteiger partial charge in [0.05, 0.1) is 5.41 Å². The third kappa shape index (κ3) is 4.81. The first-order valence-corrected chi connectivity index (χ1v) is 22.1. The van der Waals surface area contributed by atoms with Crippen LogP contribution >= 0.6 is 0 Å². The van der Waals surface area contributed by atoms with Crippen molar-refractivity contribution in [1.82, 2.24) is 0 Å². The van der Waals surface area contributed by atoms with Gasteiger partial charge >= 0.3 is 0 Å². The molecule has 2 aliphatic carbocycles. The topological polar surface area (TPSA) is 0 Å². The summed E-state index contributed by atoms with van der Waals surface area (Å²) in [6.07, 6.45) is 0. The van der Waals surface area contributed by atoms with Gasteiger partial charge in [-0.2, -0.15) is 0 Å². The summed E-state index contributed by atoms with van der Waals surface area (Å²) in [6, 6.07) is 86.8. The molecule has 12 aromatic carbocycles. The third-order valence-electron chi connectivity index (χ3n) is 14.4. The van der Waals surface area contributed by atoms with Crippen molar-refractivity contribution in [3.05, 3.63) is 253 Å². The molecule has 0 aromatic heterocycles. The SMILES string of the molecule is c1cc(-c2ccc3ccccc3c2)cc(-c2c3ccccc3c(-c3ccc4cc5c(cc4c3)C3(c4ccccc4-c4ccccc43)c3cc4ccccc4cc3-5)c3ccccc23)c1. The van der Waals surface area contributed by atoms with Gasteiger partial charge < -0.3 is 0 Å². The fourth-order valence-electron chi connectivity index (χ4n) is 11.7. The number of rotatable bonds is 3. The Bertz CT molecular complexity index is 3820. The Morgan fingerprint density at radius 1 is 0.206 bits per heavy atom. The first-order valence-electron chi connectivity index (χ1n) is 22.1. The molecule has 0 nitrogen and oxygen atoms in total. The van der Waals surface area contributed by atoms with Crippen LogP contribution in [-0.2, 0) is 5.41 Å². The van der Waals surface area contributed by atoms with Crippen LogP contribution in [0.3, 0.4) is 0 Å². The zero-order valence-corrected chi connectivity index (χ0v) is 34.4. The summed E-state index contributed by atoms with van der Waals surface area (Å²) in [4.78, 5) is 0. The molecule has 0 heterocycles. The zero-order chi connectivity index (χ0) is 41.2. The molecular formula is C63H38. The van der Waals surface area contributed by atoms with E-state index >= 15 is 0 Å². The van der Waals surface area contributed by atoms with Crippen LogP contribution in [0.15, 0.2) is 231 Å². The molecule has 0 atom stereocenters. The molecule has 1 spiro atoms. The molecule has 290 valence electrons. The maximum Gasteiger partial charge on any atom is 0.0725 e. The number of fused-ring (bicyclic) bond motifs is 15. The van der Waals surface area contributed by atoms with Crippen molar-refractivity contribution in [3.63, 3.8) is 0 Å². The summed E-state index contributed by atoms with van der Waals surface area (Å²) in [5.74, 6) is 0. The van der Waals surface area contributed by atoms with Gasteiger partial charge in [0.25, 0.3) is 0 Å². The predicted molar refractivity (Wildman–Crippen MR) is 267 cm³/mol. The van der Waals surface area contributed by atoms with Crippen LogP contribution in [0.2, 0.25) is 0 Å². The summed E-state index contributed by atoms with van der Waals surface area (Å²) in [5, 5.41) is 12.6. The number of hydrogen-bond donors (Lipinski definition) is 0. The largest absolute Gasteiger partial charge is 0.0725 e. The maximum atomic E-state index is 2.54. The number of benzene rings is 12. The molecule has 0 saturated carbocycles. The Hall–Kier alpha value is -8.06. The van der Waals surface area contributed by atoms with Crippen molar-refractivity contribution in [2.45, 2.75) is 5.41 Å². The molecular weight excluding hydrogens is 757 g/mol. The van der Waals surface area contributed by atoms with Crippen LogP contribution in [0.5, 0.6) is 0 Å². The van der Waals surface area contributed by atoms with Crippen molar-refractivity contribution in [3.8, 4) is 55.6 Å². The second-order valence-corrected chi connectivity index (χ2v) is 17.5. The normalized spacial score (nSPS) is 13.2. The van der Waals surface area contributed by atoms with Crippen LogP contribution in [0, 0.1) is 0 Å². The van der Waals surface area contributed by atoms with Crippen LogP contribution in [-0.4, -0.2) is 0 Å². The average Bonchev–Trinajstić information content (AvgIpc) is 3.80. The van der Waals surface area contributed by atoms with E-state index < -0.39 is 5.41 Å². The Balaban J connectivity index is 0.997. The van der Waals surface area contributed by atoms with Crippen molar-refractivity contribution in [2.75, 3.05) is 0 Å². The second-order valence-electron chi connectivity index (χ2n) is 17.5. The van der Waals surface area contributed by atoms with Crippen molar-refractivity contribution >= 4 is 53.9 Å². The lowest BCUT2D eigenvalue weighted by Gasteiger charge is -2.30. The molecule has 0 heteroatoms. The molecule has 0 fully saturated rings. The molecule has 0 saturated heterocycles. The molecule has 63 heavy (non-hydrogen) atoms. The van der Waals surface area contributed by atoms with E-state index in [1.807, 2.05) is 0 Å². The first kappa shape index (κ1) is 34.6. The smallest absolute Gasteiger partial charge is 0.0619 e. The summed E-state index contributed by atoms with van der Waals surface area (Å²) in [7, 11) is 0. The van der Waals surface area contributed by atoms with Crippen LogP contribution in [0.25, 0.3) is 109 Å². The van der Waals surface area contributed by atoms with Gasteiger partial charge in [0.2, 0.25) is 0 Å². The highest BCUT2D eigenvalue weighted by molar-refractivity contribution is 6.22. The molecule has 0 radical (unpaired) electrons. The van der Waals surface area contributed by atoms with E-state index in [9.17, 15) is 0 Å². The lowest BCUT2D eigenvalue weighted by atomic mass is 9.70. The van der Waals surface area contributed by atoms with Crippen molar-refractivity contribution in [2.24, 2.45) is 0 Å². The monoisotopic (exact) mass is 794 g/mol. The highest BCUT2D eigenvalue weighted by Crippen LogP contribution is 2.63. The zero-order valence-electron chi connectivity index (χ0n) is 34.4. The van der Waals surface area contributed by atoms with Crippen LogP contribution in [0.1, 0.15) is 22.3 Å². The van der Waals surface area contributed by atoms with Crippen LogP contribution < -0.4 is 0 Å². The van der Waals surface area contributed by atoms with Gasteiger partial charge in [-0.1, -0.05) is 188 Å². The van der Waals surface area contributed by atoms with Crippen molar-refractivity contribution < 1.29 is 0 Å². The molecule has 0 N–H and O–H groups in total. The molecule has 0 aliphatic heterocycles. The van der Waals surface area contributed by atoms with Gasteiger partial charge in [-0.15, -0.1) is 0 Å². The lowest BCUT2D eigenvalue weighted by Crippen LogP contribution is -2.25. The van der Waals surface area contributed by atoms with Gasteiger partial charge in [-0.3, -0.25) is 0 Å². The summed E-state index contributed by atoms with van der Waals surface area (Å²) >= 11 is 0. The molecule has 0 amide bonds. The maximum absolute atomic E-state index is 2.54. The van der Waals surface area contributed by atoms with E-state index in [2.05, 4.69) is 231 Å². The van der Waals surface area contributed by atoms with E-state index in [1.54, 1.807) is 0 Å². The highest BCUT2D eigenvalue weighted by Gasteiger charge is 2.51. The van der Waals surface area contributed by atoms with Gasteiger partial charge in [-0.25, -0.2) is 0 Å². The second kappa shape index (κ2) is 13.0. The van der Waals surface area contributed by atoms with E-state index in [0.29, 0.717) is 0 Å². The third-order valence-corrected chi connectivity index (χ3v) is 14.4. The van der Waals surface area contributed by atoms with Crippen molar-refractivity contribution in [1.29, 1.82) is 0 Å². The predicted octanol–water partition coefficient (Wildman–Crippen LogP) is 16.8. The van der Waals surface area contributed by atoms with E-state index in [-0.39, 0.29) is 0 Å².